The number of rotatable bonds is 2. The molecule has 1 aliphatic heterocycles. The number of carbonyl (C=O) groups is 3. The number of benzene rings is 1. The molecule has 0 radical (unpaired) electrons. The summed E-state index contributed by atoms with van der Waals surface area (Å²) in [5.41, 5.74) is 2.01. The summed E-state index contributed by atoms with van der Waals surface area (Å²) < 4.78 is 2.64. The maximum absolute atomic E-state index is 13.2. The van der Waals surface area contributed by atoms with E-state index in [-0.39, 0.29) is 18.7 Å². The number of fused-ring (bicyclic) bond motifs is 6. The number of piperidine rings is 1. The zero-order valence-corrected chi connectivity index (χ0v) is 17.1. The van der Waals surface area contributed by atoms with Gasteiger partial charge in [0.05, 0.1) is 25.3 Å². The molecule has 2 bridgehead atoms. The minimum atomic E-state index is -2.13. The molecule has 1 aromatic heterocycles. The summed E-state index contributed by atoms with van der Waals surface area (Å²) >= 11 is 17.7. The first-order valence-corrected chi connectivity index (χ1v) is 9.95. The van der Waals surface area contributed by atoms with Crippen LogP contribution in [0.5, 0.6) is 0 Å². The number of carbonyl (C=O) groups excluding carboxylic acids is 3. The van der Waals surface area contributed by atoms with E-state index in [1.165, 1.54) is 12.0 Å². The molecule has 1 N–H and O–H groups in total. The first kappa shape index (κ1) is 19.6. The van der Waals surface area contributed by atoms with Crippen LogP contribution in [-0.4, -0.2) is 45.0 Å². The number of hydrogen-bond acceptors (Lipinski definition) is 4. The third-order valence-electron chi connectivity index (χ3n) is 5.68. The van der Waals surface area contributed by atoms with Gasteiger partial charge in [-0.1, -0.05) is 53.0 Å². The largest absolute Gasteiger partial charge is 0.469 e. The van der Waals surface area contributed by atoms with Crippen molar-refractivity contribution in [3.05, 3.63) is 35.5 Å². The minimum absolute atomic E-state index is 0.0127. The highest BCUT2D eigenvalue weighted by atomic mass is 35.6. The van der Waals surface area contributed by atoms with E-state index in [1.54, 1.807) is 0 Å². The van der Waals surface area contributed by atoms with Gasteiger partial charge in [0.15, 0.2) is 5.78 Å². The molecule has 2 aliphatic rings. The predicted octanol–water partition coefficient (Wildman–Crippen LogP) is 3.80. The zero-order valence-electron chi connectivity index (χ0n) is 14.9. The van der Waals surface area contributed by atoms with Crippen LogP contribution in [0, 0.1) is 11.8 Å². The summed E-state index contributed by atoms with van der Waals surface area (Å²) in [5.74, 6) is -1.99. The van der Waals surface area contributed by atoms with E-state index in [9.17, 15) is 14.4 Å². The number of ketones is 1. The number of aromatic nitrogens is 1. The van der Waals surface area contributed by atoms with Crippen LogP contribution in [0.25, 0.3) is 10.9 Å². The molecule has 1 aliphatic carbocycles. The van der Waals surface area contributed by atoms with Crippen molar-refractivity contribution in [1.29, 1.82) is 0 Å². The fourth-order valence-electron chi connectivity index (χ4n) is 4.44. The molecule has 1 fully saturated rings. The van der Waals surface area contributed by atoms with Crippen LogP contribution in [-0.2, 0) is 14.3 Å². The second-order valence-electron chi connectivity index (χ2n) is 7.18. The smallest absolute Gasteiger partial charge is 0.305 e. The summed E-state index contributed by atoms with van der Waals surface area (Å²) in [6.45, 7) is 0.141. The fourth-order valence-corrected chi connectivity index (χ4v) is 4.77. The van der Waals surface area contributed by atoms with Crippen LogP contribution >= 0.6 is 34.8 Å². The number of methoxy groups -OCH3 is 1. The van der Waals surface area contributed by atoms with Crippen molar-refractivity contribution in [2.75, 3.05) is 13.7 Å². The van der Waals surface area contributed by atoms with Crippen molar-refractivity contribution in [3.8, 4) is 0 Å². The number of hydrogen-bond donors (Lipinski definition) is 1. The molecular weight excluding hydrogens is 427 g/mol. The second-order valence-corrected chi connectivity index (χ2v) is 9.46. The number of esters is 1. The van der Waals surface area contributed by atoms with Crippen LogP contribution in [0.1, 0.15) is 34.9 Å². The Kier molecular flexibility index (Phi) is 4.84. The molecule has 9 heteroatoms. The number of H-pyrrole nitrogens is 1. The molecule has 0 saturated carbocycles. The van der Waals surface area contributed by atoms with Crippen LogP contribution in [0.4, 0.5) is 0 Å². The van der Waals surface area contributed by atoms with E-state index in [4.69, 9.17) is 39.5 Å². The molecular formula is C19H17Cl3N2O4. The Hall–Kier alpha value is -1.76. The molecule has 0 unspecified atom stereocenters. The fraction of sp³-hybridized carbons (Fsp3) is 0.421. The molecule has 1 saturated heterocycles. The molecule has 2 aromatic rings. The Morgan fingerprint density at radius 2 is 2.00 bits per heavy atom. The van der Waals surface area contributed by atoms with Crippen molar-refractivity contribution in [3.63, 3.8) is 0 Å². The van der Waals surface area contributed by atoms with E-state index < -0.39 is 33.5 Å². The molecule has 1 amide bonds. The topological polar surface area (TPSA) is 79.5 Å². The third kappa shape index (κ3) is 3.08. The number of halogens is 3. The molecule has 0 spiro atoms. The summed E-state index contributed by atoms with van der Waals surface area (Å²) in [5, 5.41) is 0.864. The first-order chi connectivity index (χ1) is 13.2. The molecule has 6 nitrogen and oxygen atoms in total. The molecule has 1 aromatic carbocycles. The Balaban J connectivity index is 1.85. The number of likely N-dealkylation sites (tertiary alicyclic amines) is 1. The van der Waals surface area contributed by atoms with Gasteiger partial charge in [-0.3, -0.25) is 14.4 Å². The average molecular weight is 444 g/mol. The Bertz CT molecular complexity index is 981. The Morgan fingerprint density at radius 3 is 2.68 bits per heavy atom. The number of amides is 1. The average Bonchev–Trinajstić information content (AvgIpc) is 3.05. The normalized spacial score (nSPS) is 24.2. The summed E-state index contributed by atoms with van der Waals surface area (Å²) in [7, 11) is 1.29. The number of nitrogens with zero attached hydrogens (tertiary/aromatic N) is 1. The van der Waals surface area contributed by atoms with Gasteiger partial charge < -0.3 is 14.6 Å². The van der Waals surface area contributed by atoms with Crippen LogP contribution in [0.3, 0.4) is 0 Å². The summed E-state index contributed by atoms with van der Waals surface area (Å²) in [6, 6.07) is 7.10. The monoisotopic (exact) mass is 442 g/mol. The number of aromatic amines is 1. The first-order valence-electron chi connectivity index (χ1n) is 8.81. The van der Waals surface area contributed by atoms with Crippen molar-refractivity contribution < 1.29 is 19.1 Å². The lowest BCUT2D eigenvalue weighted by Crippen LogP contribution is -2.53. The lowest BCUT2D eigenvalue weighted by atomic mass is 9.70. The van der Waals surface area contributed by atoms with Gasteiger partial charge in [0.1, 0.15) is 0 Å². The van der Waals surface area contributed by atoms with Gasteiger partial charge in [-0.15, -0.1) is 0 Å². The van der Waals surface area contributed by atoms with E-state index in [2.05, 4.69) is 4.98 Å². The van der Waals surface area contributed by atoms with Crippen molar-refractivity contribution in [2.24, 2.45) is 11.8 Å². The quantitative estimate of drug-likeness (QED) is 0.565. The summed E-state index contributed by atoms with van der Waals surface area (Å²) in [6.07, 6.45) is 0.390. The number of ether oxygens (including phenoxy) is 1. The number of para-hydroxylation sites is 1. The van der Waals surface area contributed by atoms with Crippen molar-refractivity contribution >= 4 is 63.4 Å². The van der Waals surface area contributed by atoms with E-state index >= 15 is 0 Å². The molecule has 3 atom stereocenters. The predicted molar refractivity (Wildman–Crippen MR) is 106 cm³/mol. The molecule has 148 valence electrons. The highest BCUT2D eigenvalue weighted by Gasteiger charge is 2.51. The highest BCUT2D eigenvalue weighted by molar-refractivity contribution is 6.76. The zero-order chi connectivity index (χ0) is 20.2. The number of Topliss-reactive ketones (excluding diaryl/α,β-unsaturated/α-hetero) is 1. The van der Waals surface area contributed by atoms with Gasteiger partial charge in [0, 0.05) is 28.9 Å². The van der Waals surface area contributed by atoms with Gasteiger partial charge in [0.25, 0.3) is 9.70 Å². The van der Waals surface area contributed by atoms with E-state index in [0.29, 0.717) is 12.1 Å². The minimum Gasteiger partial charge on any atom is -0.469 e. The summed E-state index contributed by atoms with van der Waals surface area (Å²) in [4.78, 5) is 42.6. The number of nitrogens with one attached hydrogen (secondary N) is 1. The van der Waals surface area contributed by atoms with Gasteiger partial charge in [-0.2, -0.15) is 0 Å². The second kappa shape index (κ2) is 6.94. The van der Waals surface area contributed by atoms with E-state index in [0.717, 1.165) is 16.5 Å². The lowest BCUT2D eigenvalue weighted by Gasteiger charge is -2.47. The molecule has 2 heterocycles. The van der Waals surface area contributed by atoms with Crippen LogP contribution < -0.4 is 0 Å². The van der Waals surface area contributed by atoms with Gasteiger partial charge in [-0.25, -0.2) is 0 Å². The SMILES string of the molecule is COC(=O)C[C@@H]1CN(C(=O)C(Cl)(Cl)Cl)[C@H]2C[C@@H]1C(=O)c1[nH]c3ccccc3c12. The van der Waals surface area contributed by atoms with E-state index in [1.807, 2.05) is 24.3 Å². The van der Waals surface area contributed by atoms with Crippen molar-refractivity contribution in [1.82, 2.24) is 9.88 Å². The van der Waals surface area contributed by atoms with Gasteiger partial charge in [-0.05, 0) is 18.4 Å². The standard InChI is InChI=1S/C19H17Cl3N2O4/c1-28-14(25)6-9-8-24(18(27)19(20,21)22)13-7-11(9)17(26)16-15(13)10-4-2-3-5-12(10)23-16/h2-5,9,11,13,23H,6-8H2,1H3/t9-,11+,13+/m1/s1. The highest BCUT2D eigenvalue weighted by Crippen LogP contribution is 2.49. The van der Waals surface area contributed by atoms with Crippen molar-refractivity contribution in [2.45, 2.75) is 22.7 Å². The van der Waals surface area contributed by atoms with Crippen LogP contribution in [0.2, 0.25) is 0 Å². The van der Waals surface area contributed by atoms with Crippen LogP contribution in [0.15, 0.2) is 24.3 Å². The molecule has 28 heavy (non-hydrogen) atoms. The maximum atomic E-state index is 13.2. The number of alkyl halides is 3. The third-order valence-corrected chi connectivity index (χ3v) is 6.16. The molecule has 4 rings (SSSR count). The van der Waals surface area contributed by atoms with Gasteiger partial charge in [0.2, 0.25) is 0 Å². The Labute approximate surface area is 176 Å². The maximum Gasteiger partial charge on any atom is 0.305 e. The Morgan fingerprint density at radius 1 is 1.29 bits per heavy atom. The lowest BCUT2D eigenvalue weighted by molar-refractivity contribution is -0.145. The van der Waals surface area contributed by atoms with Gasteiger partial charge >= 0.3 is 5.97 Å².